The third-order valence-corrected chi connectivity index (χ3v) is 1.53. The normalized spacial score (nSPS) is 10.3. The van der Waals surface area contributed by atoms with Crippen LogP contribution in [0.25, 0.3) is 5.69 Å². The average Bonchev–Trinajstić information content (AvgIpc) is 2.62. The van der Waals surface area contributed by atoms with Crippen LogP contribution in [-0.4, -0.2) is 20.2 Å². The van der Waals surface area contributed by atoms with Crippen molar-refractivity contribution < 1.29 is 8.78 Å². The van der Waals surface area contributed by atoms with Crippen molar-refractivity contribution >= 4 is 0 Å². The molecule has 6 heteroatoms. The first-order chi connectivity index (χ1) is 6.29. The van der Waals surface area contributed by atoms with Gasteiger partial charge in [0, 0.05) is 0 Å². The fourth-order valence-corrected chi connectivity index (χ4v) is 0.941. The summed E-state index contributed by atoms with van der Waals surface area (Å²) in [6, 6.07) is 3.80. The van der Waals surface area contributed by atoms with Crippen LogP contribution < -0.4 is 0 Å². The number of aromatic nitrogens is 4. The fraction of sp³-hybridized carbons (Fsp3) is 0. The standard InChI is InChI=1S/C7H4F2N4/c8-5-2-1-3-6(7(5)9)13-4-10-11-12-13/h1-4H. The van der Waals surface area contributed by atoms with Gasteiger partial charge in [-0.1, -0.05) is 6.07 Å². The van der Waals surface area contributed by atoms with E-state index in [-0.39, 0.29) is 5.69 Å². The Labute approximate surface area is 71.8 Å². The molecule has 0 aliphatic carbocycles. The first-order valence-electron chi connectivity index (χ1n) is 3.46. The van der Waals surface area contributed by atoms with Gasteiger partial charge in [-0.15, -0.1) is 5.10 Å². The summed E-state index contributed by atoms with van der Waals surface area (Å²) < 4.78 is 26.8. The Kier molecular flexibility index (Phi) is 1.73. The predicted octanol–water partition coefficient (Wildman–Crippen LogP) is 0.940. The zero-order valence-electron chi connectivity index (χ0n) is 6.35. The fourth-order valence-electron chi connectivity index (χ4n) is 0.941. The quantitative estimate of drug-likeness (QED) is 0.659. The lowest BCUT2D eigenvalue weighted by atomic mass is 10.3. The number of rotatable bonds is 1. The van der Waals surface area contributed by atoms with Crippen LogP contribution in [-0.2, 0) is 0 Å². The van der Waals surface area contributed by atoms with Crippen molar-refractivity contribution in [2.24, 2.45) is 0 Å². The van der Waals surface area contributed by atoms with Crippen molar-refractivity contribution in [3.63, 3.8) is 0 Å². The summed E-state index contributed by atoms with van der Waals surface area (Å²) in [7, 11) is 0. The molecular weight excluding hydrogens is 178 g/mol. The van der Waals surface area contributed by atoms with Crippen molar-refractivity contribution in [1.82, 2.24) is 20.2 Å². The second kappa shape index (κ2) is 2.89. The minimum Gasteiger partial charge on any atom is -0.204 e. The van der Waals surface area contributed by atoms with Crippen LogP contribution in [0.2, 0.25) is 0 Å². The highest BCUT2D eigenvalue weighted by molar-refractivity contribution is 5.32. The van der Waals surface area contributed by atoms with E-state index in [1.165, 1.54) is 18.5 Å². The number of tetrazole rings is 1. The molecule has 1 aromatic heterocycles. The van der Waals surface area contributed by atoms with Gasteiger partial charge >= 0.3 is 0 Å². The highest BCUT2D eigenvalue weighted by Gasteiger charge is 2.09. The van der Waals surface area contributed by atoms with E-state index < -0.39 is 11.6 Å². The molecule has 0 radical (unpaired) electrons. The summed E-state index contributed by atoms with van der Waals surface area (Å²) in [4.78, 5) is 0. The minimum atomic E-state index is -0.963. The Morgan fingerprint density at radius 3 is 2.77 bits per heavy atom. The molecule has 0 saturated carbocycles. The van der Waals surface area contributed by atoms with Gasteiger partial charge in [-0.25, -0.2) is 8.78 Å². The van der Waals surface area contributed by atoms with Gasteiger partial charge in [-0.2, -0.15) is 4.68 Å². The Hall–Kier alpha value is -1.85. The Bertz CT molecular complexity index is 412. The lowest BCUT2D eigenvalue weighted by Crippen LogP contribution is -2.00. The Morgan fingerprint density at radius 1 is 1.23 bits per heavy atom. The van der Waals surface area contributed by atoms with E-state index in [2.05, 4.69) is 15.5 Å². The highest BCUT2D eigenvalue weighted by atomic mass is 19.2. The largest absolute Gasteiger partial charge is 0.204 e. The van der Waals surface area contributed by atoms with Gasteiger partial charge in [0.1, 0.15) is 12.0 Å². The summed E-state index contributed by atoms with van der Waals surface area (Å²) in [5.41, 5.74) is -0.00926. The maximum atomic E-state index is 13.1. The molecule has 0 aliphatic heterocycles. The van der Waals surface area contributed by atoms with E-state index in [0.29, 0.717) is 0 Å². The molecule has 0 N–H and O–H groups in total. The number of hydrogen-bond donors (Lipinski definition) is 0. The van der Waals surface area contributed by atoms with Crippen molar-refractivity contribution in [1.29, 1.82) is 0 Å². The lowest BCUT2D eigenvalue weighted by Gasteiger charge is -2.00. The molecular formula is C7H4F2N4. The molecule has 1 aromatic carbocycles. The Morgan fingerprint density at radius 2 is 2.08 bits per heavy atom. The molecule has 4 nitrogen and oxygen atoms in total. The zero-order valence-corrected chi connectivity index (χ0v) is 6.35. The van der Waals surface area contributed by atoms with E-state index in [1.807, 2.05) is 0 Å². The van der Waals surface area contributed by atoms with Gasteiger partial charge in [0.15, 0.2) is 11.6 Å². The Balaban J connectivity index is 2.59. The number of halogens is 2. The lowest BCUT2D eigenvalue weighted by molar-refractivity contribution is 0.500. The molecule has 0 amide bonds. The van der Waals surface area contributed by atoms with Gasteiger partial charge in [0.25, 0.3) is 0 Å². The maximum absolute atomic E-state index is 13.1. The molecule has 0 atom stereocenters. The van der Waals surface area contributed by atoms with Crippen molar-refractivity contribution in [3.05, 3.63) is 36.2 Å². The van der Waals surface area contributed by atoms with Crippen molar-refractivity contribution in [2.75, 3.05) is 0 Å². The van der Waals surface area contributed by atoms with Gasteiger partial charge < -0.3 is 0 Å². The van der Waals surface area contributed by atoms with Crippen LogP contribution in [0.1, 0.15) is 0 Å². The molecule has 2 aromatic rings. The first kappa shape index (κ1) is 7.78. The molecule has 13 heavy (non-hydrogen) atoms. The number of hydrogen-bond acceptors (Lipinski definition) is 3. The van der Waals surface area contributed by atoms with Crippen LogP contribution in [0.5, 0.6) is 0 Å². The van der Waals surface area contributed by atoms with Gasteiger partial charge in [0.05, 0.1) is 0 Å². The van der Waals surface area contributed by atoms with E-state index >= 15 is 0 Å². The molecule has 0 saturated heterocycles. The van der Waals surface area contributed by atoms with E-state index in [9.17, 15) is 8.78 Å². The first-order valence-corrected chi connectivity index (χ1v) is 3.46. The third-order valence-electron chi connectivity index (χ3n) is 1.53. The second-order valence-electron chi connectivity index (χ2n) is 2.33. The van der Waals surface area contributed by atoms with Gasteiger partial charge in [0.2, 0.25) is 0 Å². The van der Waals surface area contributed by atoms with Crippen LogP contribution in [0, 0.1) is 11.6 Å². The van der Waals surface area contributed by atoms with E-state index in [1.54, 1.807) is 0 Å². The minimum absolute atomic E-state index is 0.00926. The topological polar surface area (TPSA) is 43.6 Å². The van der Waals surface area contributed by atoms with Crippen LogP contribution in [0.15, 0.2) is 24.5 Å². The smallest absolute Gasteiger partial charge is 0.184 e. The molecule has 66 valence electrons. The maximum Gasteiger partial charge on any atom is 0.184 e. The summed E-state index contributed by atoms with van der Waals surface area (Å²) in [6.45, 7) is 0. The highest BCUT2D eigenvalue weighted by Crippen LogP contribution is 2.13. The van der Waals surface area contributed by atoms with Crippen LogP contribution >= 0.6 is 0 Å². The number of benzene rings is 1. The monoisotopic (exact) mass is 182 g/mol. The van der Waals surface area contributed by atoms with Crippen LogP contribution in [0.3, 0.4) is 0 Å². The summed E-state index contributed by atoms with van der Waals surface area (Å²) in [5, 5.41) is 10.1. The molecule has 0 spiro atoms. The summed E-state index contributed by atoms with van der Waals surface area (Å²) in [6.07, 6.45) is 1.19. The average molecular weight is 182 g/mol. The molecule has 2 rings (SSSR count). The van der Waals surface area contributed by atoms with Gasteiger partial charge in [-0.3, -0.25) is 0 Å². The molecule has 0 bridgehead atoms. The predicted molar refractivity (Wildman–Crippen MR) is 39.1 cm³/mol. The zero-order chi connectivity index (χ0) is 9.26. The van der Waals surface area contributed by atoms with Crippen molar-refractivity contribution in [3.8, 4) is 5.69 Å². The van der Waals surface area contributed by atoms with Gasteiger partial charge in [-0.05, 0) is 22.6 Å². The second-order valence-corrected chi connectivity index (χ2v) is 2.33. The summed E-state index contributed by atoms with van der Waals surface area (Å²) in [5.74, 6) is -1.89. The number of nitrogens with zero attached hydrogens (tertiary/aromatic N) is 4. The van der Waals surface area contributed by atoms with Crippen molar-refractivity contribution in [2.45, 2.75) is 0 Å². The summed E-state index contributed by atoms with van der Waals surface area (Å²) >= 11 is 0. The molecule has 1 heterocycles. The SMILES string of the molecule is Fc1cccc(-n2cnnn2)c1F. The third kappa shape index (κ3) is 1.26. The molecule has 0 aliphatic rings. The molecule has 0 fully saturated rings. The van der Waals surface area contributed by atoms with E-state index in [0.717, 1.165) is 10.7 Å². The van der Waals surface area contributed by atoms with Crippen LogP contribution in [0.4, 0.5) is 8.78 Å². The molecule has 0 unspecified atom stereocenters. The van der Waals surface area contributed by atoms with E-state index in [4.69, 9.17) is 0 Å².